The first-order chi connectivity index (χ1) is 18.7. The molecule has 0 saturated carbocycles. The minimum Gasteiger partial charge on any atom is -0.493 e. The zero-order valence-corrected chi connectivity index (χ0v) is 22.8. The Morgan fingerprint density at radius 2 is 2.00 bits per heavy atom. The second-order valence-electron chi connectivity index (χ2n) is 8.48. The number of halogens is 2. The van der Waals surface area contributed by atoms with Gasteiger partial charge in [-0.15, -0.1) is 0 Å². The molecule has 1 heterocycles. The lowest BCUT2D eigenvalue weighted by atomic mass is 10.1. The normalized spacial score (nSPS) is 16.7. The maximum absolute atomic E-state index is 14.0. The largest absolute Gasteiger partial charge is 0.493 e. The summed E-state index contributed by atoms with van der Waals surface area (Å²) in [5, 5.41) is 17.2. The summed E-state index contributed by atoms with van der Waals surface area (Å²) in [6.07, 6.45) is 1.75. The third-order valence-electron chi connectivity index (χ3n) is 5.52. The number of hydrogen-bond donors (Lipinski definition) is 6. The third kappa shape index (κ3) is 8.67. The number of aliphatic imine (C=N–C) groups is 1. The van der Waals surface area contributed by atoms with Crippen LogP contribution in [0.15, 0.2) is 64.6 Å². The number of nitrogens with one attached hydrogen (secondary N) is 5. The number of hydroxylamine groups is 2. The van der Waals surface area contributed by atoms with E-state index >= 15 is 0 Å². The summed E-state index contributed by atoms with van der Waals surface area (Å²) in [6.45, 7) is 6.48. The van der Waals surface area contributed by atoms with Crippen molar-refractivity contribution in [3.8, 4) is 5.75 Å². The number of methoxy groups -OCH3 is 1. The van der Waals surface area contributed by atoms with Crippen molar-refractivity contribution in [2.24, 2.45) is 4.99 Å². The van der Waals surface area contributed by atoms with Gasteiger partial charge in [0.15, 0.2) is 11.5 Å². The molecular formula is C26H32ClFN6O5. The highest BCUT2D eigenvalue weighted by molar-refractivity contribution is 6.34. The molecule has 13 heteroatoms. The highest BCUT2D eigenvalue weighted by atomic mass is 35.5. The Bertz CT molecular complexity index is 1270. The summed E-state index contributed by atoms with van der Waals surface area (Å²) in [4.78, 5) is 22.3. The van der Waals surface area contributed by atoms with Gasteiger partial charge in [0, 0.05) is 30.8 Å². The highest BCUT2D eigenvalue weighted by Gasteiger charge is 2.23. The fourth-order valence-electron chi connectivity index (χ4n) is 3.46. The van der Waals surface area contributed by atoms with Crippen molar-refractivity contribution in [1.29, 1.82) is 0 Å². The quantitative estimate of drug-likeness (QED) is 0.142. The van der Waals surface area contributed by atoms with E-state index in [9.17, 15) is 9.18 Å². The summed E-state index contributed by atoms with van der Waals surface area (Å²) >= 11 is 6.40. The van der Waals surface area contributed by atoms with Crippen LogP contribution in [-0.4, -0.2) is 50.0 Å². The smallest absolute Gasteiger partial charge is 0.323 e. The van der Waals surface area contributed by atoms with Crippen LogP contribution in [0.1, 0.15) is 19.4 Å². The number of carbonyl (C=O) groups excluding carboxylic acids is 1. The van der Waals surface area contributed by atoms with E-state index in [2.05, 4.69) is 26.4 Å². The van der Waals surface area contributed by atoms with Gasteiger partial charge in [-0.2, -0.15) is 5.48 Å². The molecule has 11 nitrogen and oxygen atoms in total. The van der Waals surface area contributed by atoms with E-state index in [1.807, 2.05) is 12.4 Å². The Morgan fingerprint density at radius 1 is 1.23 bits per heavy atom. The van der Waals surface area contributed by atoms with Gasteiger partial charge in [0.1, 0.15) is 11.6 Å². The Balaban J connectivity index is 1.72. The molecule has 0 bridgehead atoms. The molecule has 2 amide bonds. The van der Waals surface area contributed by atoms with E-state index in [0.29, 0.717) is 54.2 Å². The van der Waals surface area contributed by atoms with E-state index in [-0.39, 0.29) is 16.8 Å². The number of allylic oxidation sites excluding steroid dienone is 2. The number of ether oxygens (including phenoxy) is 2. The van der Waals surface area contributed by atoms with E-state index in [4.69, 9.17) is 31.1 Å². The van der Waals surface area contributed by atoms with Gasteiger partial charge in [0.2, 0.25) is 5.90 Å². The molecule has 210 valence electrons. The van der Waals surface area contributed by atoms with Gasteiger partial charge in [0.05, 0.1) is 30.2 Å². The average molecular weight is 563 g/mol. The maximum atomic E-state index is 14.0. The number of hydrogen-bond acceptors (Lipinski definition) is 9. The lowest BCUT2D eigenvalue weighted by Gasteiger charge is -2.24. The van der Waals surface area contributed by atoms with Crippen molar-refractivity contribution in [2.45, 2.75) is 26.8 Å². The van der Waals surface area contributed by atoms with Crippen LogP contribution in [0, 0.1) is 12.7 Å². The Kier molecular flexibility index (Phi) is 11.1. The molecule has 0 spiro atoms. The first kappa shape index (κ1) is 29.9. The molecule has 0 saturated heterocycles. The molecule has 2 aromatic carbocycles. The van der Waals surface area contributed by atoms with Crippen LogP contribution >= 0.6 is 11.6 Å². The van der Waals surface area contributed by atoms with E-state index in [1.165, 1.54) is 25.3 Å². The fourth-order valence-corrected chi connectivity index (χ4v) is 3.68. The number of anilines is 2. The molecule has 39 heavy (non-hydrogen) atoms. The standard InChI is InChI=1S/C26H32ClFN6O5/c1-15-5-7-21(28)23(11-15)34-26(35)33-22-8-6-18(12-20(22)27)38-25-19(16(2)29-14-30-25)13-24(37-4)17(3)39-32-10-9-31-36/h5-8,11-13,16,29,31-32,36H,9-10,14H2,1-4H3,(H2,33,34,35). The SMILES string of the molecule is COC(C=C1C(Oc2ccc(NC(=O)Nc3cc(C)ccc3F)c(Cl)c2)=NCNC1C)=C(C)ONCCNO. The Morgan fingerprint density at radius 3 is 2.72 bits per heavy atom. The number of benzene rings is 2. The van der Waals surface area contributed by atoms with Crippen molar-refractivity contribution >= 4 is 34.9 Å². The fraction of sp³-hybridized carbons (Fsp3) is 0.308. The maximum Gasteiger partial charge on any atom is 0.323 e. The lowest BCUT2D eigenvalue weighted by Crippen LogP contribution is -2.38. The molecule has 1 aliphatic heterocycles. The van der Waals surface area contributed by atoms with Crippen molar-refractivity contribution in [2.75, 3.05) is 37.5 Å². The predicted octanol–water partition coefficient (Wildman–Crippen LogP) is 4.46. The van der Waals surface area contributed by atoms with Gasteiger partial charge in [-0.25, -0.2) is 19.7 Å². The minimum absolute atomic E-state index is 0.0593. The van der Waals surface area contributed by atoms with Crippen LogP contribution in [0.4, 0.5) is 20.6 Å². The first-order valence-electron chi connectivity index (χ1n) is 12.0. The molecular weight excluding hydrogens is 531 g/mol. The number of urea groups is 1. The average Bonchev–Trinajstić information content (AvgIpc) is 2.90. The zero-order valence-electron chi connectivity index (χ0n) is 22.0. The van der Waals surface area contributed by atoms with Crippen LogP contribution in [0.3, 0.4) is 0 Å². The predicted molar refractivity (Wildman–Crippen MR) is 147 cm³/mol. The number of aryl methyl sites for hydroxylation is 1. The Hall–Kier alpha value is -3.68. The second-order valence-corrected chi connectivity index (χ2v) is 8.89. The highest BCUT2D eigenvalue weighted by Crippen LogP contribution is 2.29. The Labute approximate surface area is 231 Å². The van der Waals surface area contributed by atoms with E-state index in [0.717, 1.165) is 5.56 Å². The van der Waals surface area contributed by atoms with Gasteiger partial charge < -0.3 is 30.2 Å². The number of amides is 2. The van der Waals surface area contributed by atoms with Crippen LogP contribution in [0.2, 0.25) is 5.02 Å². The van der Waals surface area contributed by atoms with Gasteiger partial charge in [-0.3, -0.25) is 5.32 Å². The molecule has 1 aliphatic rings. The van der Waals surface area contributed by atoms with E-state index < -0.39 is 11.8 Å². The lowest BCUT2D eigenvalue weighted by molar-refractivity contribution is 0.0799. The van der Waals surface area contributed by atoms with Crippen molar-refractivity contribution in [3.63, 3.8) is 0 Å². The summed E-state index contributed by atoms with van der Waals surface area (Å²) in [7, 11) is 1.52. The monoisotopic (exact) mass is 562 g/mol. The van der Waals surface area contributed by atoms with Gasteiger partial charge >= 0.3 is 6.03 Å². The van der Waals surface area contributed by atoms with Gasteiger partial charge in [-0.1, -0.05) is 17.7 Å². The third-order valence-corrected chi connectivity index (χ3v) is 5.84. The molecule has 1 unspecified atom stereocenters. The minimum atomic E-state index is -0.643. The summed E-state index contributed by atoms with van der Waals surface area (Å²) < 4.78 is 25.5. The van der Waals surface area contributed by atoms with Crippen molar-refractivity contribution in [1.82, 2.24) is 16.3 Å². The molecule has 2 aromatic rings. The number of carbonyl (C=O) groups is 1. The second kappa shape index (κ2) is 14.5. The van der Waals surface area contributed by atoms with E-state index in [1.54, 1.807) is 38.1 Å². The van der Waals surface area contributed by atoms with Crippen LogP contribution in [-0.2, 0) is 9.57 Å². The topological polar surface area (TPSA) is 138 Å². The zero-order chi connectivity index (χ0) is 28.4. The number of nitrogens with zero attached hydrogens (tertiary/aromatic N) is 1. The first-order valence-corrected chi connectivity index (χ1v) is 12.4. The molecule has 0 radical (unpaired) electrons. The van der Waals surface area contributed by atoms with Crippen LogP contribution in [0.5, 0.6) is 5.75 Å². The van der Waals surface area contributed by atoms with Crippen LogP contribution < -0.4 is 31.6 Å². The summed E-state index contributed by atoms with van der Waals surface area (Å²) in [5.74, 6) is 1.10. The number of rotatable bonds is 10. The van der Waals surface area contributed by atoms with Crippen molar-refractivity contribution in [3.05, 3.63) is 76.0 Å². The molecule has 6 N–H and O–H groups in total. The molecule has 3 rings (SSSR count). The molecule has 1 atom stereocenters. The van der Waals surface area contributed by atoms with Gasteiger partial charge in [0.25, 0.3) is 0 Å². The van der Waals surface area contributed by atoms with Crippen molar-refractivity contribution < 1.29 is 28.7 Å². The molecule has 0 aliphatic carbocycles. The molecule has 0 fully saturated rings. The summed E-state index contributed by atoms with van der Waals surface area (Å²) in [6, 6.07) is 8.40. The molecule has 0 aromatic heterocycles. The summed E-state index contributed by atoms with van der Waals surface area (Å²) in [5.41, 5.74) is 6.62. The van der Waals surface area contributed by atoms with Crippen LogP contribution in [0.25, 0.3) is 0 Å². The van der Waals surface area contributed by atoms with Gasteiger partial charge in [-0.05, 0) is 56.7 Å².